The molecule has 176 valence electrons. The highest BCUT2D eigenvalue weighted by Gasteiger charge is 2.80. The Morgan fingerprint density at radius 1 is 1.26 bits per heavy atom. The zero-order valence-corrected chi connectivity index (χ0v) is 21.5. The van der Waals surface area contributed by atoms with Gasteiger partial charge in [0.25, 0.3) is 0 Å². The third-order valence-corrected chi connectivity index (χ3v) is 9.13. The first-order valence-electron chi connectivity index (χ1n) is 11.9. The van der Waals surface area contributed by atoms with Crippen LogP contribution in [0.2, 0.25) is 0 Å². The Balaban J connectivity index is 1.45. The Morgan fingerprint density at radius 3 is 2.71 bits per heavy atom. The molecule has 6 rings (SSSR count). The fraction of sp³-hybridized carbons (Fsp3) is 0.407. The summed E-state index contributed by atoms with van der Waals surface area (Å²) in [5.41, 5.74) is 8.92. The number of nitrogens with zero attached hydrogens (tertiary/aromatic N) is 2. The van der Waals surface area contributed by atoms with Gasteiger partial charge in [0.15, 0.2) is 6.10 Å². The number of ether oxygens (including phenoxy) is 2. The summed E-state index contributed by atoms with van der Waals surface area (Å²) in [7, 11) is 1.65. The molecule has 3 heterocycles. The lowest BCUT2D eigenvalue weighted by atomic mass is 9.86. The van der Waals surface area contributed by atoms with Gasteiger partial charge in [0.1, 0.15) is 11.4 Å². The van der Waals surface area contributed by atoms with Crippen molar-refractivity contribution in [3.8, 4) is 5.75 Å². The first kappa shape index (κ1) is 22.2. The quantitative estimate of drug-likeness (QED) is 0.336. The van der Waals surface area contributed by atoms with E-state index in [-0.39, 0.29) is 11.5 Å². The summed E-state index contributed by atoms with van der Waals surface area (Å²) in [6.07, 6.45) is 4.32. The maximum absolute atomic E-state index is 13.4. The molecule has 1 spiro atoms. The van der Waals surface area contributed by atoms with Crippen LogP contribution in [0.3, 0.4) is 0 Å². The number of hydrogen-bond donors (Lipinski definition) is 1. The maximum Gasteiger partial charge on any atom is 0.338 e. The van der Waals surface area contributed by atoms with Crippen molar-refractivity contribution in [3.63, 3.8) is 0 Å². The Kier molecular flexibility index (Phi) is 5.17. The van der Waals surface area contributed by atoms with E-state index in [0.717, 1.165) is 38.8 Å². The molecular formula is C27H28IN3O3. The fourth-order valence-corrected chi connectivity index (χ4v) is 7.16. The number of piperidine rings is 1. The molecule has 6 nitrogen and oxygen atoms in total. The molecule has 4 unspecified atom stereocenters. The second-order valence-electron chi connectivity index (χ2n) is 9.78. The minimum Gasteiger partial charge on any atom is -0.497 e. The third-order valence-electron chi connectivity index (χ3n) is 8.41. The molecule has 3 aromatic rings. The SMILES string of the molecule is CC[C@@H]1C2CC(N)(C(OC(=O)c3ccc(I)cc3)c3ccnc4ccc(OC)cc34)N3CCC213. The summed E-state index contributed by atoms with van der Waals surface area (Å²) >= 11 is 2.23. The third kappa shape index (κ3) is 3.06. The van der Waals surface area contributed by atoms with E-state index in [1.165, 1.54) is 12.8 Å². The minimum absolute atomic E-state index is 0.192. The van der Waals surface area contributed by atoms with Crippen LogP contribution in [0.25, 0.3) is 10.9 Å². The summed E-state index contributed by atoms with van der Waals surface area (Å²) in [4.78, 5) is 20.4. The lowest BCUT2D eigenvalue weighted by Gasteiger charge is -2.52. The van der Waals surface area contributed by atoms with Crippen LogP contribution in [0, 0.1) is 15.4 Å². The number of methoxy groups -OCH3 is 1. The van der Waals surface area contributed by atoms with E-state index >= 15 is 0 Å². The molecule has 7 heteroatoms. The lowest BCUT2D eigenvalue weighted by molar-refractivity contribution is -0.0968. The Labute approximate surface area is 213 Å². The van der Waals surface area contributed by atoms with E-state index in [1.54, 1.807) is 13.3 Å². The normalized spacial score (nSPS) is 30.2. The van der Waals surface area contributed by atoms with Crippen LogP contribution in [-0.4, -0.2) is 40.7 Å². The van der Waals surface area contributed by atoms with Crippen molar-refractivity contribution >= 4 is 39.5 Å². The number of pyridine rings is 1. The van der Waals surface area contributed by atoms with Gasteiger partial charge >= 0.3 is 5.97 Å². The number of halogens is 1. The Bertz CT molecular complexity index is 1280. The second kappa shape index (κ2) is 7.90. The number of carbonyl (C=O) groups excluding carboxylic acids is 1. The van der Waals surface area contributed by atoms with Crippen LogP contribution in [0.4, 0.5) is 0 Å². The summed E-state index contributed by atoms with van der Waals surface area (Å²) in [5, 5.41) is 0.897. The molecule has 1 saturated carbocycles. The standard InChI is InChI=1S/C27H28IN3O3/c1-3-21-22-15-27(29,31-13-11-26(21,22)31)24(34-25(32)16-4-6-17(28)7-5-16)19-10-12-30-23-9-8-18(33-2)14-20(19)23/h4-10,12,14,21-22,24H,3,11,13,15,29H2,1-2H3/t21-,22?,24?,26?,27?/m1/s1. The molecular weight excluding hydrogens is 541 g/mol. The zero-order chi connectivity index (χ0) is 23.7. The summed E-state index contributed by atoms with van der Waals surface area (Å²) in [6, 6.07) is 15.2. The van der Waals surface area contributed by atoms with E-state index in [0.29, 0.717) is 17.4 Å². The van der Waals surface area contributed by atoms with Gasteiger partial charge in [0, 0.05) is 32.8 Å². The van der Waals surface area contributed by atoms with Gasteiger partial charge in [0.05, 0.1) is 18.2 Å². The average molecular weight is 569 g/mol. The molecule has 0 amide bonds. The number of benzene rings is 2. The molecule has 2 aliphatic heterocycles. The highest BCUT2D eigenvalue weighted by molar-refractivity contribution is 14.1. The van der Waals surface area contributed by atoms with Gasteiger partial charge in [-0.2, -0.15) is 0 Å². The van der Waals surface area contributed by atoms with Gasteiger partial charge < -0.3 is 15.2 Å². The molecule has 1 aliphatic carbocycles. The van der Waals surface area contributed by atoms with E-state index in [1.807, 2.05) is 48.5 Å². The van der Waals surface area contributed by atoms with Crippen molar-refractivity contribution in [2.24, 2.45) is 17.6 Å². The Hall–Kier alpha value is -2.23. The van der Waals surface area contributed by atoms with Gasteiger partial charge in [-0.1, -0.05) is 13.3 Å². The summed E-state index contributed by atoms with van der Waals surface area (Å²) < 4.78 is 12.9. The molecule has 3 fully saturated rings. The molecule has 2 saturated heterocycles. The Morgan fingerprint density at radius 2 is 2.06 bits per heavy atom. The number of rotatable bonds is 6. The van der Waals surface area contributed by atoms with Crippen molar-refractivity contribution in [3.05, 3.63) is 69.4 Å². The predicted octanol–water partition coefficient (Wildman–Crippen LogP) is 4.91. The fourth-order valence-electron chi connectivity index (χ4n) is 6.80. The molecule has 0 radical (unpaired) electrons. The lowest BCUT2D eigenvalue weighted by Crippen LogP contribution is -2.67. The van der Waals surface area contributed by atoms with E-state index in [9.17, 15) is 4.79 Å². The number of aromatic nitrogens is 1. The topological polar surface area (TPSA) is 77.7 Å². The second-order valence-corrected chi connectivity index (χ2v) is 11.0. The highest BCUT2D eigenvalue weighted by atomic mass is 127. The van der Waals surface area contributed by atoms with Crippen molar-refractivity contribution in [1.29, 1.82) is 0 Å². The number of nitrogens with two attached hydrogens (primary N) is 1. The van der Waals surface area contributed by atoms with Crippen molar-refractivity contribution in [1.82, 2.24) is 9.88 Å². The number of esters is 1. The largest absolute Gasteiger partial charge is 0.497 e. The van der Waals surface area contributed by atoms with E-state index < -0.39 is 11.8 Å². The van der Waals surface area contributed by atoms with Crippen molar-refractivity contribution < 1.29 is 14.3 Å². The van der Waals surface area contributed by atoms with Crippen LogP contribution in [0.15, 0.2) is 54.7 Å². The first-order chi connectivity index (χ1) is 16.4. The number of hydrogen-bond acceptors (Lipinski definition) is 6. The number of fused-ring (bicyclic) bond motifs is 1. The van der Waals surface area contributed by atoms with E-state index in [4.69, 9.17) is 15.2 Å². The van der Waals surface area contributed by atoms with E-state index in [2.05, 4.69) is 39.4 Å². The number of carbonyl (C=O) groups is 1. The summed E-state index contributed by atoms with van der Waals surface area (Å²) in [6.45, 7) is 3.21. The molecule has 2 N–H and O–H groups in total. The predicted molar refractivity (Wildman–Crippen MR) is 138 cm³/mol. The van der Waals surface area contributed by atoms with Crippen LogP contribution < -0.4 is 10.5 Å². The molecule has 34 heavy (non-hydrogen) atoms. The summed E-state index contributed by atoms with van der Waals surface area (Å²) in [5.74, 6) is 1.63. The monoisotopic (exact) mass is 569 g/mol. The van der Waals surface area contributed by atoms with Gasteiger partial charge in [-0.25, -0.2) is 4.79 Å². The molecule has 5 atom stereocenters. The average Bonchev–Trinajstić information content (AvgIpc) is 3.45. The molecule has 0 bridgehead atoms. The molecule has 3 aliphatic rings. The van der Waals surface area contributed by atoms with Gasteiger partial charge in [-0.3, -0.25) is 9.88 Å². The first-order valence-corrected chi connectivity index (χ1v) is 13.0. The molecule has 2 aromatic carbocycles. The van der Waals surface area contributed by atoms with Crippen molar-refractivity contribution in [2.75, 3.05) is 13.7 Å². The minimum atomic E-state index is -0.759. The van der Waals surface area contributed by atoms with Crippen LogP contribution in [0.1, 0.15) is 48.2 Å². The molecule has 1 aromatic heterocycles. The highest BCUT2D eigenvalue weighted by Crippen LogP contribution is 2.73. The van der Waals surface area contributed by atoms with Crippen LogP contribution in [0.5, 0.6) is 5.75 Å². The van der Waals surface area contributed by atoms with Crippen molar-refractivity contribution in [2.45, 2.75) is 43.5 Å². The van der Waals surface area contributed by atoms with Gasteiger partial charge in [-0.05, 0) is 95.8 Å². The smallest absolute Gasteiger partial charge is 0.338 e. The zero-order valence-electron chi connectivity index (χ0n) is 19.3. The van der Waals surface area contributed by atoms with Gasteiger partial charge in [-0.15, -0.1) is 0 Å². The van der Waals surface area contributed by atoms with Crippen LogP contribution >= 0.6 is 22.6 Å². The van der Waals surface area contributed by atoms with Crippen LogP contribution in [-0.2, 0) is 4.74 Å². The maximum atomic E-state index is 13.4. The van der Waals surface area contributed by atoms with Gasteiger partial charge in [0.2, 0.25) is 0 Å².